The van der Waals surface area contributed by atoms with Crippen molar-refractivity contribution in [2.24, 2.45) is 0 Å². The molecule has 2 N–H and O–H groups in total. The van der Waals surface area contributed by atoms with Crippen LogP contribution in [0.3, 0.4) is 0 Å². The minimum absolute atomic E-state index is 0.173. The summed E-state index contributed by atoms with van der Waals surface area (Å²) in [6.45, 7) is 4.47. The Morgan fingerprint density at radius 1 is 1.23 bits per heavy atom. The van der Waals surface area contributed by atoms with Crippen LogP contribution in [-0.2, 0) is 4.74 Å². The third kappa shape index (κ3) is 4.74. The number of aromatic amines is 1. The van der Waals surface area contributed by atoms with Crippen LogP contribution in [0.2, 0.25) is 0 Å². The van der Waals surface area contributed by atoms with Crippen LogP contribution in [0.5, 0.6) is 11.9 Å². The van der Waals surface area contributed by atoms with Gasteiger partial charge in [-0.15, -0.1) is 5.10 Å². The van der Waals surface area contributed by atoms with Gasteiger partial charge in [0.15, 0.2) is 0 Å². The van der Waals surface area contributed by atoms with Crippen LogP contribution < -0.4 is 19.7 Å². The summed E-state index contributed by atoms with van der Waals surface area (Å²) in [7, 11) is 1.54. The number of aromatic nitrogens is 5. The Balaban J connectivity index is 1.59. The summed E-state index contributed by atoms with van der Waals surface area (Å²) in [5.41, 5.74) is 0.574. The lowest BCUT2D eigenvalue weighted by Gasteiger charge is -2.28. The van der Waals surface area contributed by atoms with Crippen LogP contribution in [0.1, 0.15) is 18.7 Å². The highest BCUT2D eigenvalue weighted by atomic mass is 19.1. The largest absolute Gasteiger partial charge is 0.480 e. The van der Waals surface area contributed by atoms with Gasteiger partial charge in [0.05, 0.1) is 32.2 Å². The van der Waals surface area contributed by atoms with Crippen molar-refractivity contribution in [3.63, 3.8) is 0 Å². The highest BCUT2D eigenvalue weighted by Gasteiger charge is 2.18. The lowest BCUT2D eigenvalue weighted by atomic mass is 10.2. The molecule has 0 amide bonds. The molecular formula is C19H22FN7O3. The summed E-state index contributed by atoms with van der Waals surface area (Å²) in [5.74, 6) is 1.88. The van der Waals surface area contributed by atoms with Crippen LogP contribution in [0.15, 0.2) is 30.5 Å². The second-order valence-electron chi connectivity index (χ2n) is 6.60. The van der Waals surface area contributed by atoms with Gasteiger partial charge in [-0.05, 0) is 19.1 Å². The van der Waals surface area contributed by atoms with E-state index >= 15 is 0 Å². The van der Waals surface area contributed by atoms with Crippen molar-refractivity contribution in [2.45, 2.75) is 13.0 Å². The summed E-state index contributed by atoms with van der Waals surface area (Å²) in [6, 6.07) is 6.62. The number of morpholine rings is 1. The first-order valence-corrected chi connectivity index (χ1v) is 9.47. The van der Waals surface area contributed by atoms with Crippen molar-refractivity contribution in [2.75, 3.05) is 43.6 Å². The Morgan fingerprint density at radius 2 is 2.07 bits per heavy atom. The number of nitrogens with zero attached hydrogens (tertiary/aromatic N) is 5. The van der Waals surface area contributed by atoms with Gasteiger partial charge in [-0.25, -0.2) is 4.39 Å². The number of anilines is 3. The van der Waals surface area contributed by atoms with Crippen molar-refractivity contribution in [3.05, 3.63) is 42.0 Å². The van der Waals surface area contributed by atoms with Crippen LogP contribution in [0.25, 0.3) is 0 Å². The maximum atomic E-state index is 13.2. The maximum Gasteiger partial charge on any atom is 0.321 e. The summed E-state index contributed by atoms with van der Waals surface area (Å²) in [6.07, 6.45) is 0.685. The smallest absolute Gasteiger partial charge is 0.321 e. The Morgan fingerprint density at radius 3 is 2.77 bits per heavy atom. The fraction of sp³-hybridized carbons (Fsp3) is 0.368. The highest BCUT2D eigenvalue weighted by molar-refractivity contribution is 5.58. The molecule has 4 heterocycles. The van der Waals surface area contributed by atoms with E-state index in [2.05, 4.69) is 35.4 Å². The van der Waals surface area contributed by atoms with Crippen molar-refractivity contribution < 1.29 is 18.6 Å². The lowest BCUT2D eigenvalue weighted by Crippen LogP contribution is -2.36. The van der Waals surface area contributed by atoms with Gasteiger partial charge in [0.2, 0.25) is 5.88 Å². The SMILES string of the molecule is COc1cc(Nc2cc(N3CCOCC3)nc(OC(C)c3ccc(F)cn3)n2)[nH]n1. The van der Waals surface area contributed by atoms with Crippen molar-refractivity contribution >= 4 is 17.5 Å². The molecule has 0 aliphatic carbocycles. The van der Waals surface area contributed by atoms with Crippen LogP contribution in [0.4, 0.5) is 21.8 Å². The number of nitrogens with one attached hydrogen (secondary N) is 2. The van der Waals surface area contributed by atoms with Crippen molar-refractivity contribution in [1.82, 2.24) is 25.1 Å². The van der Waals surface area contributed by atoms with E-state index < -0.39 is 11.9 Å². The molecule has 11 heteroatoms. The average Bonchev–Trinajstić information content (AvgIpc) is 3.22. The summed E-state index contributed by atoms with van der Waals surface area (Å²) in [5, 5.41) is 9.99. The van der Waals surface area contributed by atoms with E-state index in [1.54, 1.807) is 19.1 Å². The van der Waals surface area contributed by atoms with Crippen molar-refractivity contribution in [1.29, 1.82) is 0 Å². The molecule has 1 saturated heterocycles. The van der Waals surface area contributed by atoms with Gasteiger partial charge in [-0.2, -0.15) is 9.97 Å². The molecule has 30 heavy (non-hydrogen) atoms. The van der Waals surface area contributed by atoms with E-state index in [0.717, 1.165) is 6.20 Å². The topological polar surface area (TPSA) is 110 Å². The van der Waals surface area contributed by atoms with E-state index in [1.165, 1.54) is 13.2 Å². The molecule has 1 fully saturated rings. The molecule has 1 unspecified atom stereocenters. The van der Waals surface area contributed by atoms with E-state index in [4.69, 9.17) is 14.2 Å². The second kappa shape index (κ2) is 8.91. The second-order valence-corrected chi connectivity index (χ2v) is 6.60. The van der Waals surface area contributed by atoms with Crippen LogP contribution in [-0.4, -0.2) is 58.6 Å². The van der Waals surface area contributed by atoms with Gasteiger partial charge < -0.3 is 24.4 Å². The number of pyridine rings is 1. The molecule has 1 atom stereocenters. The van der Waals surface area contributed by atoms with Gasteiger partial charge in [0.25, 0.3) is 0 Å². The molecular weight excluding hydrogens is 393 g/mol. The molecule has 1 aliphatic rings. The monoisotopic (exact) mass is 415 g/mol. The quantitative estimate of drug-likeness (QED) is 0.601. The number of rotatable bonds is 7. The Bertz CT molecular complexity index is 977. The number of halogens is 1. The number of hydrogen-bond acceptors (Lipinski definition) is 9. The molecule has 0 radical (unpaired) electrons. The summed E-state index contributed by atoms with van der Waals surface area (Å²) < 4.78 is 29.6. The molecule has 1 aliphatic heterocycles. The zero-order valence-corrected chi connectivity index (χ0v) is 16.6. The van der Waals surface area contributed by atoms with Gasteiger partial charge in [-0.1, -0.05) is 0 Å². The number of H-pyrrole nitrogens is 1. The molecule has 3 aromatic rings. The number of methoxy groups -OCH3 is 1. The normalized spacial score (nSPS) is 15.0. The third-order valence-electron chi connectivity index (χ3n) is 4.50. The first-order valence-electron chi connectivity index (χ1n) is 9.47. The third-order valence-corrected chi connectivity index (χ3v) is 4.50. The molecule has 0 spiro atoms. The van der Waals surface area contributed by atoms with E-state index in [9.17, 15) is 4.39 Å². The predicted octanol–water partition coefficient (Wildman–Crippen LogP) is 2.46. The Hall–Kier alpha value is -3.47. The summed E-state index contributed by atoms with van der Waals surface area (Å²) in [4.78, 5) is 15.2. The fourth-order valence-corrected chi connectivity index (χ4v) is 2.94. The number of hydrogen-bond donors (Lipinski definition) is 2. The lowest BCUT2D eigenvalue weighted by molar-refractivity contribution is 0.122. The minimum Gasteiger partial charge on any atom is -0.480 e. The predicted molar refractivity (Wildman–Crippen MR) is 107 cm³/mol. The van der Waals surface area contributed by atoms with Gasteiger partial charge in [-0.3, -0.25) is 10.1 Å². The number of ether oxygens (including phenoxy) is 3. The van der Waals surface area contributed by atoms with Crippen LogP contribution >= 0.6 is 0 Å². The van der Waals surface area contributed by atoms with Gasteiger partial charge in [0.1, 0.15) is 29.4 Å². The first-order chi connectivity index (χ1) is 14.6. The Labute approximate surface area is 172 Å². The van der Waals surface area contributed by atoms with Crippen LogP contribution in [0, 0.1) is 5.82 Å². The fourth-order valence-electron chi connectivity index (χ4n) is 2.94. The van der Waals surface area contributed by atoms with Gasteiger partial charge >= 0.3 is 6.01 Å². The van der Waals surface area contributed by atoms with Crippen molar-refractivity contribution in [3.8, 4) is 11.9 Å². The molecule has 0 bridgehead atoms. The molecule has 158 valence electrons. The highest BCUT2D eigenvalue weighted by Crippen LogP contribution is 2.26. The molecule has 10 nitrogen and oxygen atoms in total. The molecule has 3 aromatic heterocycles. The zero-order chi connectivity index (χ0) is 20.9. The molecule has 0 saturated carbocycles. The minimum atomic E-state index is -0.467. The van der Waals surface area contributed by atoms with E-state index in [-0.39, 0.29) is 6.01 Å². The molecule has 0 aromatic carbocycles. The first kappa shape index (κ1) is 19.8. The standard InChI is InChI=1S/C19H22FN7O3/c1-12(14-4-3-13(20)11-21-14)30-19-23-15(22-16-10-18(28-2)26-25-16)9-17(24-19)27-5-7-29-8-6-27/h3-4,9-12H,5-8H2,1-2H3,(H2,22,23,24,25,26). The van der Waals surface area contributed by atoms with Gasteiger partial charge in [0, 0.05) is 25.2 Å². The maximum absolute atomic E-state index is 13.2. The molecule has 4 rings (SSSR count). The zero-order valence-electron chi connectivity index (χ0n) is 16.6. The van der Waals surface area contributed by atoms with E-state index in [1.807, 2.05) is 6.07 Å². The Kier molecular flexibility index (Phi) is 5.89. The van der Waals surface area contributed by atoms with E-state index in [0.29, 0.717) is 55.3 Å². The summed E-state index contributed by atoms with van der Waals surface area (Å²) >= 11 is 0. The average molecular weight is 415 g/mol.